The Bertz CT molecular complexity index is 1140. The summed E-state index contributed by atoms with van der Waals surface area (Å²) in [6, 6.07) is 7.33. The molecule has 1 aromatic carbocycles. The molecule has 0 bridgehead atoms. The van der Waals surface area contributed by atoms with Gasteiger partial charge in [-0.1, -0.05) is 0 Å². The fourth-order valence-corrected chi connectivity index (χ4v) is 5.90. The van der Waals surface area contributed by atoms with Crippen molar-refractivity contribution in [3.63, 3.8) is 0 Å². The zero-order chi connectivity index (χ0) is 19.3. The number of benzene rings is 1. The summed E-state index contributed by atoms with van der Waals surface area (Å²) < 4.78 is 35.4. The van der Waals surface area contributed by atoms with E-state index in [2.05, 4.69) is 24.2 Å². The molecule has 0 amide bonds. The quantitative estimate of drug-likeness (QED) is 0.681. The van der Waals surface area contributed by atoms with Crippen molar-refractivity contribution >= 4 is 15.7 Å². The number of ether oxygens (including phenoxy) is 1. The highest BCUT2D eigenvalue weighted by atomic mass is 32.2. The topological polar surface area (TPSA) is 63.9 Å². The summed E-state index contributed by atoms with van der Waals surface area (Å²) in [5, 5.41) is 0. The molecular formula is C21H23N3O3S. The van der Waals surface area contributed by atoms with E-state index < -0.39 is 10.0 Å². The maximum Gasteiger partial charge on any atom is 0.243 e. The Kier molecular flexibility index (Phi) is 4.17. The maximum atomic E-state index is 13.1. The normalized spacial score (nSPS) is 18.3. The van der Waals surface area contributed by atoms with Gasteiger partial charge in [0.05, 0.1) is 11.5 Å². The lowest BCUT2D eigenvalue weighted by molar-refractivity contribution is 0.318. The summed E-state index contributed by atoms with van der Waals surface area (Å²) in [7, 11) is -3.46. The van der Waals surface area contributed by atoms with Gasteiger partial charge in [0, 0.05) is 38.1 Å². The molecular weight excluding hydrogens is 374 g/mol. The first-order valence-corrected chi connectivity index (χ1v) is 11.2. The Morgan fingerprint density at radius 3 is 2.82 bits per heavy atom. The van der Waals surface area contributed by atoms with Gasteiger partial charge >= 0.3 is 0 Å². The number of pyridine rings is 1. The van der Waals surface area contributed by atoms with Crippen molar-refractivity contribution in [2.75, 3.05) is 19.7 Å². The first-order valence-electron chi connectivity index (χ1n) is 9.71. The van der Waals surface area contributed by atoms with Crippen molar-refractivity contribution in [1.29, 1.82) is 0 Å². The second kappa shape index (κ2) is 6.60. The van der Waals surface area contributed by atoms with E-state index in [1.807, 2.05) is 10.6 Å². The first-order chi connectivity index (χ1) is 13.5. The summed E-state index contributed by atoms with van der Waals surface area (Å²) >= 11 is 0. The zero-order valence-electron chi connectivity index (χ0n) is 15.8. The second-order valence-electron chi connectivity index (χ2n) is 7.65. The number of rotatable bonds is 3. The molecule has 2 aromatic heterocycles. The summed E-state index contributed by atoms with van der Waals surface area (Å²) in [5.74, 6) is 1.18. The van der Waals surface area contributed by atoms with Crippen LogP contribution in [0.15, 0.2) is 47.8 Å². The largest absolute Gasteiger partial charge is 0.493 e. The summed E-state index contributed by atoms with van der Waals surface area (Å²) in [5.41, 5.74) is 4.44. The van der Waals surface area contributed by atoms with Gasteiger partial charge in [0.15, 0.2) is 0 Å². The van der Waals surface area contributed by atoms with Crippen LogP contribution in [0.25, 0.3) is 5.65 Å². The molecule has 2 aliphatic heterocycles. The van der Waals surface area contributed by atoms with Crippen LogP contribution in [0.1, 0.15) is 35.4 Å². The number of aromatic nitrogens is 2. The monoisotopic (exact) mass is 397 g/mol. The minimum absolute atomic E-state index is 0.367. The lowest BCUT2D eigenvalue weighted by Crippen LogP contribution is -2.38. The minimum Gasteiger partial charge on any atom is -0.493 e. The van der Waals surface area contributed by atoms with Gasteiger partial charge in [-0.2, -0.15) is 4.31 Å². The molecule has 0 radical (unpaired) electrons. The van der Waals surface area contributed by atoms with Crippen molar-refractivity contribution in [2.45, 2.75) is 37.0 Å². The van der Waals surface area contributed by atoms with Gasteiger partial charge in [0.25, 0.3) is 0 Å². The third-order valence-corrected chi connectivity index (χ3v) is 7.86. The number of fused-ring (bicyclic) bond motifs is 2. The SMILES string of the molecule is Cc1cc2nccn2cc1C1CCN(S(=O)(=O)c2ccc3c(c2)CCO3)CC1. The van der Waals surface area contributed by atoms with Crippen molar-refractivity contribution in [3.05, 3.63) is 59.5 Å². The van der Waals surface area contributed by atoms with E-state index in [-0.39, 0.29) is 0 Å². The fourth-order valence-electron chi connectivity index (χ4n) is 4.38. The Labute approximate surface area is 164 Å². The zero-order valence-corrected chi connectivity index (χ0v) is 16.7. The van der Waals surface area contributed by atoms with E-state index in [1.54, 1.807) is 28.7 Å². The average Bonchev–Trinajstić information content (AvgIpc) is 3.35. The van der Waals surface area contributed by atoms with Crippen LogP contribution in [0, 0.1) is 6.92 Å². The molecule has 5 rings (SSSR count). The van der Waals surface area contributed by atoms with E-state index in [0.29, 0.717) is 30.5 Å². The van der Waals surface area contributed by atoms with E-state index in [0.717, 1.165) is 36.2 Å². The average molecular weight is 398 g/mol. The third kappa shape index (κ3) is 2.89. The fraction of sp³-hybridized carbons (Fsp3) is 0.381. The van der Waals surface area contributed by atoms with Crippen LogP contribution in [0.3, 0.4) is 0 Å². The molecule has 0 atom stereocenters. The van der Waals surface area contributed by atoms with Gasteiger partial charge in [-0.3, -0.25) is 0 Å². The molecule has 0 N–H and O–H groups in total. The summed E-state index contributed by atoms with van der Waals surface area (Å²) in [6.07, 6.45) is 8.33. The standard InChI is InChI=1S/C21H23N3O3S/c1-15-12-21-22-7-10-23(21)14-19(15)16-4-8-24(9-5-16)28(25,26)18-2-3-20-17(13-18)6-11-27-20/h2-3,7,10,12-14,16H,4-6,8-9,11H2,1H3. The van der Waals surface area contributed by atoms with E-state index in [4.69, 9.17) is 4.74 Å². The van der Waals surface area contributed by atoms with Gasteiger partial charge in [-0.15, -0.1) is 0 Å². The lowest BCUT2D eigenvalue weighted by Gasteiger charge is -2.32. The highest BCUT2D eigenvalue weighted by molar-refractivity contribution is 7.89. The molecule has 2 aliphatic rings. The molecule has 3 aromatic rings. The molecule has 28 heavy (non-hydrogen) atoms. The number of hydrogen-bond donors (Lipinski definition) is 0. The molecule has 1 fully saturated rings. The Morgan fingerprint density at radius 2 is 2.00 bits per heavy atom. The molecule has 7 heteroatoms. The van der Waals surface area contributed by atoms with Crippen molar-refractivity contribution < 1.29 is 13.2 Å². The van der Waals surface area contributed by atoms with Crippen LogP contribution in [0.2, 0.25) is 0 Å². The van der Waals surface area contributed by atoms with Crippen LogP contribution >= 0.6 is 0 Å². The minimum atomic E-state index is -3.46. The van der Waals surface area contributed by atoms with E-state index in [9.17, 15) is 8.42 Å². The summed E-state index contributed by atoms with van der Waals surface area (Å²) in [6.45, 7) is 3.83. The Morgan fingerprint density at radius 1 is 1.18 bits per heavy atom. The Balaban J connectivity index is 1.35. The Hall–Kier alpha value is -2.38. The van der Waals surface area contributed by atoms with Crippen molar-refractivity contribution in [1.82, 2.24) is 13.7 Å². The number of imidazole rings is 1. The van der Waals surface area contributed by atoms with Gasteiger partial charge in [0.2, 0.25) is 10.0 Å². The molecule has 0 spiro atoms. The highest BCUT2D eigenvalue weighted by Gasteiger charge is 2.31. The number of sulfonamides is 1. The van der Waals surface area contributed by atoms with Crippen LogP contribution < -0.4 is 4.74 Å². The number of nitrogens with zero attached hydrogens (tertiary/aromatic N) is 3. The van der Waals surface area contributed by atoms with E-state index in [1.165, 1.54) is 11.1 Å². The number of hydrogen-bond acceptors (Lipinski definition) is 4. The van der Waals surface area contributed by atoms with Gasteiger partial charge < -0.3 is 9.14 Å². The first kappa shape index (κ1) is 17.7. The molecule has 6 nitrogen and oxygen atoms in total. The lowest BCUT2D eigenvalue weighted by atomic mass is 9.89. The third-order valence-electron chi connectivity index (χ3n) is 5.97. The molecule has 4 heterocycles. The number of aryl methyl sites for hydroxylation is 1. The maximum absolute atomic E-state index is 13.1. The smallest absolute Gasteiger partial charge is 0.243 e. The van der Waals surface area contributed by atoms with Crippen LogP contribution in [-0.2, 0) is 16.4 Å². The van der Waals surface area contributed by atoms with Crippen LogP contribution in [-0.4, -0.2) is 41.8 Å². The molecule has 0 unspecified atom stereocenters. The second-order valence-corrected chi connectivity index (χ2v) is 9.59. The highest BCUT2D eigenvalue weighted by Crippen LogP contribution is 2.34. The van der Waals surface area contributed by atoms with E-state index >= 15 is 0 Å². The number of piperidine rings is 1. The molecule has 1 saturated heterocycles. The van der Waals surface area contributed by atoms with Crippen molar-refractivity contribution in [2.24, 2.45) is 0 Å². The van der Waals surface area contributed by atoms with Crippen molar-refractivity contribution in [3.8, 4) is 5.75 Å². The predicted molar refractivity (Wildman–Crippen MR) is 106 cm³/mol. The van der Waals surface area contributed by atoms with Gasteiger partial charge in [0.1, 0.15) is 11.4 Å². The van der Waals surface area contributed by atoms with Gasteiger partial charge in [-0.05, 0) is 66.6 Å². The molecule has 146 valence electrons. The predicted octanol–water partition coefficient (Wildman–Crippen LogP) is 3.15. The molecule has 0 saturated carbocycles. The van der Waals surface area contributed by atoms with Crippen LogP contribution in [0.5, 0.6) is 5.75 Å². The molecule has 0 aliphatic carbocycles. The van der Waals surface area contributed by atoms with Gasteiger partial charge in [-0.25, -0.2) is 13.4 Å². The summed E-state index contributed by atoms with van der Waals surface area (Å²) in [4.78, 5) is 4.72. The van der Waals surface area contributed by atoms with Crippen LogP contribution in [0.4, 0.5) is 0 Å².